The van der Waals surface area contributed by atoms with E-state index in [4.69, 9.17) is 26.1 Å². The fourth-order valence-electron chi connectivity index (χ4n) is 5.78. The maximum absolute atomic E-state index is 14.4. The molecule has 10 heteroatoms. The number of hydrogen-bond donors (Lipinski definition) is 0. The molecule has 0 amide bonds. The lowest BCUT2D eigenvalue weighted by Crippen LogP contribution is -2.40. The van der Waals surface area contributed by atoms with Crippen LogP contribution in [0, 0.1) is 0 Å². The van der Waals surface area contributed by atoms with Gasteiger partial charge in [0.15, 0.2) is 4.80 Å². The highest BCUT2D eigenvalue weighted by molar-refractivity contribution is 9.10. The molecule has 5 aromatic rings. The van der Waals surface area contributed by atoms with E-state index in [1.807, 2.05) is 37.3 Å². The third-order valence-electron chi connectivity index (χ3n) is 7.75. The standard InChI is InChI=1S/C35H31BrClN3O4S/c1-4-8-27-31(34(42)44-5-2)32(26-18-24(37)15-16-29(26)43-3)40-33(41)30(45-35(40)38-27)17-22-20-39(28-10-7-6-9-25(22)28)19-21-11-13-23(36)14-12-21/h6-7,9-18,20,32H,4-5,8,19H2,1-3H3/b30-17+/t32-/m1/s1. The van der Waals surface area contributed by atoms with E-state index in [0.29, 0.717) is 49.9 Å². The van der Waals surface area contributed by atoms with Gasteiger partial charge in [0.1, 0.15) is 11.8 Å². The summed E-state index contributed by atoms with van der Waals surface area (Å²) in [4.78, 5) is 33.3. The summed E-state index contributed by atoms with van der Waals surface area (Å²) in [6, 6.07) is 20.8. The second kappa shape index (κ2) is 13.2. The van der Waals surface area contributed by atoms with E-state index in [1.54, 1.807) is 36.8 Å². The van der Waals surface area contributed by atoms with E-state index in [1.165, 1.54) is 11.3 Å². The lowest BCUT2D eigenvalue weighted by atomic mass is 9.93. The molecule has 1 atom stereocenters. The Morgan fingerprint density at radius 2 is 1.89 bits per heavy atom. The first-order chi connectivity index (χ1) is 21.8. The summed E-state index contributed by atoms with van der Waals surface area (Å²) in [6.07, 6.45) is 5.30. The van der Waals surface area contributed by atoms with Crippen molar-refractivity contribution in [1.82, 2.24) is 9.13 Å². The van der Waals surface area contributed by atoms with Gasteiger partial charge in [0.2, 0.25) is 0 Å². The van der Waals surface area contributed by atoms with E-state index in [0.717, 1.165) is 32.9 Å². The molecule has 3 heterocycles. The molecule has 0 aliphatic carbocycles. The summed E-state index contributed by atoms with van der Waals surface area (Å²) in [7, 11) is 1.56. The second-order valence-corrected chi connectivity index (χ2v) is 13.0. The van der Waals surface area contributed by atoms with Gasteiger partial charge in [-0.25, -0.2) is 9.79 Å². The van der Waals surface area contributed by atoms with Crippen LogP contribution in [0.1, 0.15) is 49.4 Å². The molecule has 45 heavy (non-hydrogen) atoms. The van der Waals surface area contributed by atoms with Crippen LogP contribution in [-0.4, -0.2) is 28.8 Å². The van der Waals surface area contributed by atoms with Crippen molar-refractivity contribution in [1.29, 1.82) is 0 Å². The number of carbonyl (C=O) groups is 1. The Morgan fingerprint density at radius 1 is 1.11 bits per heavy atom. The van der Waals surface area contributed by atoms with Crippen molar-refractivity contribution in [2.24, 2.45) is 4.99 Å². The number of carbonyl (C=O) groups excluding carboxylic acids is 1. The average molecular weight is 705 g/mol. The SMILES string of the molecule is CCCC1=C(C(=O)OCC)[C@@H](c2cc(Cl)ccc2OC)n2c(s/c(=C/c3cn(Cc4ccc(Br)cc4)c4ccccc34)c2=O)=N1. The Kier molecular flexibility index (Phi) is 9.12. The van der Waals surface area contributed by atoms with Crippen LogP contribution in [0.5, 0.6) is 5.75 Å². The number of hydrogen-bond acceptors (Lipinski definition) is 6. The van der Waals surface area contributed by atoms with Gasteiger partial charge in [-0.2, -0.15) is 0 Å². The zero-order valence-corrected chi connectivity index (χ0v) is 28.2. The molecule has 0 saturated carbocycles. The van der Waals surface area contributed by atoms with Gasteiger partial charge in [-0.15, -0.1) is 0 Å². The van der Waals surface area contributed by atoms with Gasteiger partial charge in [-0.3, -0.25) is 9.36 Å². The number of nitrogens with zero attached hydrogens (tertiary/aromatic N) is 3. The molecule has 3 aromatic carbocycles. The van der Waals surface area contributed by atoms with Crippen molar-refractivity contribution < 1.29 is 14.3 Å². The molecule has 0 unspecified atom stereocenters. The van der Waals surface area contributed by atoms with Gasteiger partial charge in [0.05, 0.1) is 29.5 Å². The molecular weight excluding hydrogens is 674 g/mol. The van der Waals surface area contributed by atoms with Crippen molar-refractivity contribution in [3.8, 4) is 5.75 Å². The first kappa shape index (κ1) is 31.1. The molecule has 0 spiro atoms. The number of esters is 1. The third kappa shape index (κ3) is 6.04. The number of halogens is 2. The van der Waals surface area contributed by atoms with Gasteiger partial charge in [-0.05, 0) is 61.4 Å². The first-order valence-corrected chi connectivity index (χ1v) is 16.7. The summed E-state index contributed by atoms with van der Waals surface area (Å²) >= 11 is 11.3. The topological polar surface area (TPSA) is 74.8 Å². The number of fused-ring (bicyclic) bond motifs is 2. The molecule has 0 N–H and O–H groups in total. The molecule has 0 fully saturated rings. The Balaban J connectivity index is 1.56. The van der Waals surface area contributed by atoms with E-state index in [-0.39, 0.29) is 12.2 Å². The minimum Gasteiger partial charge on any atom is -0.496 e. The molecule has 7 nitrogen and oxygen atoms in total. The maximum atomic E-state index is 14.4. The highest BCUT2D eigenvalue weighted by Crippen LogP contribution is 2.38. The second-order valence-electron chi connectivity index (χ2n) is 10.7. The zero-order valence-electron chi connectivity index (χ0n) is 25.1. The third-order valence-corrected chi connectivity index (χ3v) is 9.50. The zero-order chi connectivity index (χ0) is 31.7. The number of allylic oxidation sites excluding steroid dienone is 1. The minimum atomic E-state index is -0.823. The van der Waals surface area contributed by atoms with Gasteiger partial charge in [0.25, 0.3) is 5.56 Å². The van der Waals surface area contributed by atoms with Gasteiger partial charge in [0, 0.05) is 44.3 Å². The largest absolute Gasteiger partial charge is 0.496 e. The van der Waals surface area contributed by atoms with Crippen molar-refractivity contribution in [2.75, 3.05) is 13.7 Å². The molecule has 0 saturated heterocycles. The van der Waals surface area contributed by atoms with Gasteiger partial charge >= 0.3 is 5.97 Å². The van der Waals surface area contributed by atoms with Crippen molar-refractivity contribution in [3.63, 3.8) is 0 Å². The fourth-order valence-corrected chi connectivity index (χ4v) is 7.24. The Bertz CT molecular complexity index is 2130. The Morgan fingerprint density at radius 3 is 2.62 bits per heavy atom. The van der Waals surface area contributed by atoms with Crippen molar-refractivity contribution in [3.05, 3.63) is 130 Å². The van der Waals surface area contributed by atoms with Crippen LogP contribution < -0.4 is 19.6 Å². The molecule has 0 bridgehead atoms. The lowest BCUT2D eigenvalue weighted by Gasteiger charge is -2.27. The van der Waals surface area contributed by atoms with Crippen LogP contribution in [0.25, 0.3) is 17.0 Å². The van der Waals surface area contributed by atoms with E-state index in [9.17, 15) is 9.59 Å². The monoisotopic (exact) mass is 703 g/mol. The average Bonchev–Trinajstić information content (AvgIpc) is 3.54. The number of thiazole rings is 1. The molecule has 1 aliphatic heterocycles. The summed E-state index contributed by atoms with van der Waals surface area (Å²) < 4.78 is 16.5. The summed E-state index contributed by atoms with van der Waals surface area (Å²) in [5, 5.41) is 1.50. The van der Waals surface area contributed by atoms with E-state index >= 15 is 0 Å². The molecule has 6 rings (SSSR count). The fraction of sp³-hybridized carbons (Fsp3) is 0.229. The van der Waals surface area contributed by atoms with Crippen LogP contribution in [0.15, 0.2) is 98.5 Å². The predicted octanol–water partition coefficient (Wildman–Crippen LogP) is 7.01. The number of rotatable bonds is 9. The maximum Gasteiger partial charge on any atom is 0.338 e. The number of aromatic nitrogens is 2. The van der Waals surface area contributed by atoms with E-state index < -0.39 is 12.0 Å². The molecule has 2 aromatic heterocycles. The van der Waals surface area contributed by atoms with Crippen molar-refractivity contribution >= 4 is 61.8 Å². The van der Waals surface area contributed by atoms with Gasteiger partial charge < -0.3 is 14.0 Å². The van der Waals surface area contributed by atoms with Crippen LogP contribution in [0.4, 0.5) is 0 Å². The van der Waals surface area contributed by atoms with Crippen molar-refractivity contribution in [2.45, 2.75) is 39.3 Å². The van der Waals surface area contributed by atoms with E-state index in [2.05, 4.69) is 51.0 Å². The Labute approximate surface area is 277 Å². The summed E-state index contributed by atoms with van der Waals surface area (Å²) in [5.74, 6) is -0.00319. The lowest BCUT2D eigenvalue weighted by molar-refractivity contribution is -0.139. The summed E-state index contributed by atoms with van der Waals surface area (Å²) in [5.41, 5.74) is 4.41. The molecule has 1 aliphatic rings. The van der Waals surface area contributed by atoms with Crippen LogP contribution >= 0.6 is 38.9 Å². The number of ether oxygens (including phenoxy) is 2. The van der Waals surface area contributed by atoms with Crippen LogP contribution in [0.3, 0.4) is 0 Å². The Hall–Kier alpha value is -3.92. The van der Waals surface area contributed by atoms with Crippen LogP contribution in [-0.2, 0) is 16.1 Å². The number of para-hydroxylation sites is 1. The first-order valence-electron chi connectivity index (χ1n) is 14.7. The molecule has 0 radical (unpaired) electrons. The normalized spacial score (nSPS) is 14.9. The quantitative estimate of drug-likeness (QED) is 0.155. The highest BCUT2D eigenvalue weighted by atomic mass is 79.9. The van der Waals surface area contributed by atoms with Crippen LogP contribution in [0.2, 0.25) is 5.02 Å². The molecular formula is C35H31BrClN3O4S. The smallest absolute Gasteiger partial charge is 0.338 e. The predicted molar refractivity (Wildman–Crippen MR) is 183 cm³/mol. The van der Waals surface area contributed by atoms with Gasteiger partial charge in [-0.1, -0.05) is 82.5 Å². The summed E-state index contributed by atoms with van der Waals surface area (Å²) in [6.45, 7) is 4.66. The number of benzene rings is 3. The highest BCUT2D eigenvalue weighted by Gasteiger charge is 2.36. The number of methoxy groups -OCH3 is 1. The molecule has 230 valence electrons. The minimum absolute atomic E-state index is 0.190.